The Hall–Kier alpha value is -1.36. The zero-order chi connectivity index (χ0) is 11.2. The molecule has 1 aromatic rings. The molecule has 1 aromatic heterocycles. The van der Waals surface area contributed by atoms with E-state index in [1.54, 1.807) is 12.4 Å². The van der Waals surface area contributed by atoms with E-state index in [1.807, 2.05) is 0 Å². The normalized spacial score (nSPS) is 20.6. The summed E-state index contributed by atoms with van der Waals surface area (Å²) in [5.74, 6) is 0.499. The van der Waals surface area contributed by atoms with Crippen LogP contribution in [0.25, 0.3) is 0 Å². The molecule has 0 bridgehead atoms. The second kappa shape index (κ2) is 5.65. The largest absolute Gasteiger partial charge is 0.378 e. The van der Waals surface area contributed by atoms with Gasteiger partial charge in [-0.3, -0.25) is 10.1 Å². The number of nitrogens with one attached hydrogen (secondary N) is 2. The smallest absolute Gasteiger partial charge is 0.226 e. The molecule has 0 radical (unpaired) electrons. The number of ether oxygens (including phenoxy) is 1. The first-order valence-corrected chi connectivity index (χ1v) is 5.75. The van der Waals surface area contributed by atoms with Crippen LogP contribution in [0.1, 0.15) is 32.1 Å². The van der Waals surface area contributed by atoms with Gasteiger partial charge in [0.25, 0.3) is 0 Å². The maximum Gasteiger partial charge on any atom is 0.226 e. The van der Waals surface area contributed by atoms with E-state index in [4.69, 9.17) is 4.74 Å². The number of hydrogen-bond acceptors (Lipinski definition) is 3. The van der Waals surface area contributed by atoms with E-state index < -0.39 is 0 Å². The Kier molecular flexibility index (Phi) is 3.93. The van der Waals surface area contributed by atoms with Gasteiger partial charge in [0, 0.05) is 25.4 Å². The van der Waals surface area contributed by atoms with E-state index in [0.29, 0.717) is 12.4 Å². The SMILES string of the molecule is O=C(CCC1CCCCO1)Nc1ncc[nH]1. The predicted octanol–water partition coefficient (Wildman–Crippen LogP) is 1.70. The summed E-state index contributed by atoms with van der Waals surface area (Å²) < 4.78 is 5.56. The second-order valence-electron chi connectivity index (χ2n) is 4.01. The third-order valence-electron chi connectivity index (χ3n) is 2.72. The Morgan fingerprint density at radius 2 is 2.56 bits per heavy atom. The molecule has 1 unspecified atom stereocenters. The fourth-order valence-electron chi connectivity index (χ4n) is 1.86. The standard InChI is InChI=1S/C11H17N3O2/c15-10(14-11-12-6-7-13-11)5-4-9-3-1-2-8-16-9/h6-7,9H,1-5,8H2,(H2,12,13,14,15). The molecule has 1 aliphatic heterocycles. The average molecular weight is 223 g/mol. The Morgan fingerprint density at radius 3 is 3.25 bits per heavy atom. The van der Waals surface area contributed by atoms with E-state index in [-0.39, 0.29) is 12.0 Å². The molecule has 2 N–H and O–H groups in total. The summed E-state index contributed by atoms with van der Waals surface area (Å²) in [6.45, 7) is 0.838. The summed E-state index contributed by atoms with van der Waals surface area (Å²) in [4.78, 5) is 18.3. The first-order valence-electron chi connectivity index (χ1n) is 5.75. The molecule has 1 amide bonds. The van der Waals surface area contributed by atoms with Gasteiger partial charge in [0.2, 0.25) is 11.9 Å². The van der Waals surface area contributed by atoms with Gasteiger partial charge >= 0.3 is 0 Å². The lowest BCUT2D eigenvalue weighted by Crippen LogP contribution is -2.22. The lowest BCUT2D eigenvalue weighted by atomic mass is 10.0. The number of rotatable bonds is 4. The molecule has 1 fully saturated rings. The number of nitrogens with zero attached hydrogens (tertiary/aromatic N) is 1. The molecule has 0 spiro atoms. The van der Waals surface area contributed by atoms with Crippen molar-refractivity contribution in [2.75, 3.05) is 11.9 Å². The Labute approximate surface area is 94.6 Å². The fraction of sp³-hybridized carbons (Fsp3) is 0.636. The number of H-pyrrole nitrogens is 1. The van der Waals surface area contributed by atoms with Gasteiger partial charge in [0.05, 0.1) is 6.10 Å². The summed E-state index contributed by atoms with van der Waals surface area (Å²) in [6, 6.07) is 0. The van der Waals surface area contributed by atoms with Gasteiger partial charge in [-0.1, -0.05) is 0 Å². The van der Waals surface area contributed by atoms with Crippen LogP contribution in [-0.2, 0) is 9.53 Å². The third kappa shape index (κ3) is 3.34. The van der Waals surface area contributed by atoms with Gasteiger partial charge in [0.15, 0.2) is 0 Å². The van der Waals surface area contributed by atoms with Crippen LogP contribution in [0.15, 0.2) is 12.4 Å². The highest BCUT2D eigenvalue weighted by atomic mass is 16.5. The fourth-order valence-corrected chi connectivity index (χ4v) is 1.86. The van der Waals surface area contributed by atoms with E-state index in [0.717, 1.165) is 25.9 Å². The molecule has 2 rings (SSSR count). The summed E-state index contributed by atoms with van der Waals surface area (Å²) in [5.41, 5.74) is 0. The van der Waals surface area contributed by atoms with Crippen molar-refractivity contribution in [3.05, 3.63) is 12.4 Å². The first-order chi connectivity index (χ1) is 7.84. The number of hydrogen-bond donors (Lipinski definition) is 2. The van der Waals surface area contributed by atoms with Crippen molar-refractivity contribution in [3.63, 3.8) is 0 Å². The van der Waals surface area contributed by atoms with Gasteiger partial charge < -0.3 is 9.72 Å². The number of amides is 1. The van der Waals surface area contributed by atoms with Gasteiger partial charge in [0.1, 0.15) is 0 Å². The van der Waals surface area contributed by atoms with E-state index in [9.17, 15) is 4.79 Å². The molecule has 1 atom stereocenters. The van der Waals surface area contributed by atoms with Crippen LogP contribution in [0.4, 0.5) is 5.95 Å². The number of carbonyl (C=O) groups is 1. The molecule has 5 heteroatoms. The van der Waals surface area contributed by atoms with Gasteiger partial charge in [-0.15, -0.1) is 0 Å². The average Bonchev–Trinajstić information content (AvgIpc) is 2.81. The third-order valence-corrected chi connectivity index (χ3v) is 2.72. The lowest BCUT2D eigenvalue weighted by Gasteiger charge is -2.21. The molecule has 2 heterocycles. The molecule has 0 aliphatic carbocycles. The van der Waals surface area contributed by atoms with Crippen molar-refractivity contribution < 1.29 is 9.53 Å². The predicted molar refractivity (Wildman–Crippen MR) is 60.0 cm³/mol. The highest BCUT2D eigenvalue weighted by Gasteiger charge is 2.15. The van der Waals surface area contributed by atoms with Gasteiger partial charge in [-0.05, 0) is 25.7 Å². The molecule has 0 aromatic carbocycles. The second-order valence-corrected chi connectivity index (χ2v) is 4.01. The number of aromatic amines is 1. The maximum atomic E-state index is 11.5. The quantitative estimate of drug-likeness (QED) is 0.816. The van der Waals surface area contributed by atoms with Crippen LogP contribution < -0.4 is 5.32 Å². The molecular formula is C11H17N3O2. The minimum absolute atomic E-state index is 0.0101. The Balaban J connectivity index is 1.67. The maximum absolute atomic E-state index is 11.5. The summed E-state index contributed by atoms with van der Waals surface area (Å²) in [6.07, 6.45) is 8.28. The van der Waals surface area contributed by atoms with Crippen molar-refractivity contribution in [1.82, 2.24) is 9.97 Å². The number of imidazole rings is 1. The van der Waals surface area contributed by atoms with Gasteiger partial charge in [-0.2, -0.15) is 0 Å². The highest BCUT2D eigenvalue weighted by molar-refractivity contribution is 5.88. The molecule has 0 saturated carbocycles. The minimum Gasteiger partial charge on any atom is -0.378 e. The Bertz CT molecular complexity index is 318. The summed E-state index contributed by atoms with van der Waals surface area (Å²) >= 11 is 0. The van der Waals surface area contributed by atoms with Crippen molar-refractivity contribution in [3.8, 4) is 0 Å². The molecule has 16 heavy (non-hydrogen) atoms. The van der Waals surface area contributed by atoms with Crippen molar-refractivity contribution in [1.29, 1.82) is 0 Å². The van der Waals surface area contributed by atoms with Crippen LogP contribution in [-0.4, -0.2) is 28.6 Å². The van der Waals surface area contributed by atoms with Crippen molar-refractivity contribution in [2.45, 2.75) is 38.2 Å². The molecule has 5 nitrogen and oxygen atoms in total. The first kappa shape index (κ1) is 11.1. The van der Waals surface area contributed by atoms with Gasteiger partial charge in [-0.25, -0.2) is 4.98 Å². The molecular weight excluding hydrogens is 206 g/mol. The Morgan fingerprint density at radius 1 is 1.62 bits per heavy atom. The molecule has 1 saturated heterocycles. The van der Waals surface area contributed by atoms with Crippen LogP contribution in [0.5, 0.6) is 0 Å². The van der Waals surface area contributed by atoms with Crippen molar-refractivity contribution >= 4 is 11.9 Å². The van der Waals surface area contributed by atoms with Crippen LogP contribution in [0.2, 0.25) is 0 Å². The zero-order valence-electron chi connectivity index (χ0n) is 9.24. The van der Waals surface area contributed by atoms with Crippen LogP contribution in [0.3, 0.4) is 0 Å². The topological polar surface area (TPSA) is 67.0 Å². The van der Waals surface area contributed by atoms with Crippen LogP contribution in [0, 0.1) is 0 Å². The van der Waals surface area contributed by atoms with E-state index in [2.05, 4.69) is 15.3 Å². The van der Waals surface area contributed by atoms with E-state index in [1.165, 1.54) is 6.42 Å². The molecule has 1 aliphatic rings. The van der Waals surface area contributed by atoms with E-state index >= 15 is 0 Å². The monoisotopic (exact) mass is 223 g/mol. The minimum atomic E-state index is -0.0101. The zero-order valence-corrected chi connectivity index (χ0v) is 9.24. The number of aromatic nitrogens is 2. The number of anilines is 1. The highest BCUT2D eigenvalue weighted by Crippen LogP contribution is 2.17. The summed E-state index contributed by atoms with van der Waals surface area (Å²) in [7, 11) is 0. The lowest BCUT2D eigenvalue weighted by molar-refractivity contribution is -0.117. The van der Waals surface area contributed by atoms with Crippen LogP contribution >= 0.6 is 0 Å². The number of carbonyl (C=O) groups excluding carboxylic acids is 1. The van der Waals surface area contributed by atoms with Crippen molar-refractivity contribution in [2.24, 2.45) is 0 Å². The summed E-state index contributed by atoms with van der Waals surface area (Å²) in [5, 5.41) is 2.70. The molecule has 88 valence electrons.